The minimum Gasteiger partial charge on any atom is -0.369 e. The molecule has 0 bridgehead atoms. The molecule has 0 spiro atoms. The van der Waals surface area contributed by atoms with E-state index in [1.807, 2.05) is 43.5 Å². The van der Waals surface area contributed by atoms with Crippen LogP contribution in [0.2, 0.25) is 0 Å². The smallest absolute Gasteiger partial charge is 0.0907 e. The zero-order chi connectivity index (χ0) is 9.68. The van der Waals surface area contributed by atoms with Crippen LogP contribution < -0.4 is 0 Å². The molecule has 0 aliphatic carbocycles. The molecule has 0 N–H and O–H groups in total. The molecule has 0 heterocycles. The van der Waals surface area contributed by atoms with E-state index in [0.29, 0.717) is 0 Å². The van der Waals surface area contributed by atoms with Gasteiger partial charge in [0.1, 0.15) is 0 Å². The molecular formula is C10H14N2S. The molecule has 3 heteroatoms. The number of para-hydroxylation sites is 1. The van der Waals surface area contributed by atoms with Gasteiger partial charge in [-0.2, -0.15) is 0 Å². The maximum absolute atomic E-state index is 4.36. The summed E-state index contributed by atoms with van der Waals surface area (Å²) in [5.74, 6) is 0. The van der Waals surface area contributed by atoms with Gasteiger partial charge in [0.25, 0.3) is 0 Å². The van der Waals surface area contributed by atoms with Crippen LogP contribution in [0.5, 0.6) is 0 Å². The first-order chi connectivity index (χ1) is 6.24. The first kappa shape index (κ1) is 10.1. The van der Waals surface area contributed by atoms with E-state index in [4.69, 9.17) is 0 Å². The quantitative estimate of drug-likeness (QED) is 0.417. The Bertz CT molecular complexity index is 295. The second-order valence-corrected chi connectivity index (χ2v) is 3.73. The van der Waals surface area contributed by atoms with Gasteiger partial charge in [-0.25, -0.2) is 4.99 Å². The maximum Gasteiger partial charge on any atom is 0.0907 e. The lowest BCUT2D eigenvalue weighted by Crippen LogP contribution is -2.06. The van der Waals surface area contributed by atoms with Gasteiger partial charge in [-0.1, -0.05) is 12.1 Å². The molecule has 2 nitrogen and oxygen atoms in total. The van der Waals surface area contributed by atoms with E-state index < -0.39 is 0 Å². The van der Waals surface area contributed by atoms with Crippen molar-refractivity contribution in [2.75, 3.05) is 20.4 Å². The Labute approximate surface area is 83.7 Å². The Morgan fingerprint density at radius 1 is 1.31 bits per heavy atom. The van der Waals surface area contributed by atoms with Crippen LogP contribution in [0.4, 0.5) is 5.69 Å². The molecule has 13 heavy (non-hydrogen) atoms. The molecule has 70 valence electrons. The number of nitrogens with zero attached hydrogens (tertiary/aromatic N) is 2. The van der Waals surface area contributed by atoms with E-state index in [0.717, 1.165) is 5.69 Å². The topological polar surface area (TPSA) is 15.6 Å². The molecular weight excluding hydrogens is 180 g/mol. The maximum atomic E-state index is 4.36. The van der Waals surface area contributed by atoms with Gasteiger partial charge < -0.3 is 4.90 Å². The normalized spacial score (nSPS) is 10.7. The third-order valence-electron chi connectivity index (χ3n) is 1.51. The van der Waals surface area contributed by atoms with Gasteiger partial charge in [0.15, 0.2) is 0 Å². The largest absolute Gasteiger partial charge is 0.369 e. The molecule has 0 fully saturated rings. The zero-order valence-corrected chi connectivity index (χ0v) is 9.01. The second kappa shape index (κ2) is 4.92. The number of thioether (sulfide) groups is 1. The average Bonchev–Trinajstić information content (AvgIpc) is 2.15. The van der Waals surface area contributed by atoms with Crippen molar-refractivity contribution in [2.24, 2.45) is 4.99 Å². The van der Waals surface area contributed by atoms with E-state index in [1.54, 1.807) is 11.8 Å². The van der Waals surface area contributed by atoms with Crippen LogP contribution >= 0.6 is 11.8 Å². The van der Waals surface area contributed by atoms with Gasteiger partial charge >= 0.3 is 0 Å². The third kappa shape index (κ3) is 3.11. The van der Waals surface area contributed by atoms with Crippen molar-refractivity contribution in [3.8, 4) is 0 Å². The van der Waals surface area contributed by atoms with Crippen molar-refractivity contribution in [1.82, 2.24) is 4.90 Å². The van der Waals surface area contributed by atoms with Gasteiger partial charge in [0.05, 0.1) is 12.0 Å². The Kier molecular flexibility index (Phi) is 3.83. The summed E-state index contributed by atoms with van der Waals surface area (Å²) in [6.45, 7) is 0. The Morgan fingerprint density at radius 2 is 2.00 bits per heavy atom. The van der Waals surface area contributed by atoms with Gasteiger partial charge in [-0.05, 0) is 18.4 Å². The van der Waals surface area contributed by atoms with E-state index in [1.165, 1.54) is 4.90 Å². The third-order valence-corrected chi connectivity index (χ3v) is 2.30. The van der Waals surface area contributed by atoms with Gasteiger partial charge in [0, 0.05) is 19.0 Å². The first-order valence-electron chi connectivity index (χ1n) is 4.07. The van der Waals surface area contributed by atoms with Crippen LogP contribution in [0.1, 0.15) is 0 Å². The van der Waals surface area contributed by atoms with Gasteiger partial charge in [-0.15, -0.1) is 11.8 Å². The van der Waals surface area contributed by atoms with E-state index in [9.17, 15) is 0 Å². The highest BCUT2D eigenvalue weighted by Gasteiger charge is 1.95. The molecule has 1 aromatic rings. The van der Waals surface area contributed by atoms with Crippen molar-refractivity contribution in [1.29, 1.82) is 0 Å². The summed E-state index contributed by atoms with van der Waals surface area (Å²) < 4.78 is 0. The Balaban J connectivity index is 2.87. The minimum absolute atomic E-state index is 1.03. The second-order valence-electron chi connectivity index (χ2n) is 2.88. The summed E-state index contributed by atoms with van der Waals surface area (Å²) in [5, 5.41) is 0. The number of aliphatic imine (C=N–C) groups is 1. The lowest BCUT2D eigenvalue weighted by atomic mass is 10.3. The van der Waals surface area contributed by atoms with Crippen molar-refractivity contribution < 1.29 is 0 Å². The van der Waals surface area contributed by atoms with E-state index >= 15 is 0 Å². The fraction of sp³-hybridized carbons (Fsp3) is 0.300. The lowest BCUT2D eigenvalue weighted by molar-refractivity contribution is 0.643. The highest BCUT2D eigenvalue weighted by atomic mass is 32.2. The number of hydrogen-bond acceptors (Lipinski definition) is 2. The molecule has 1 rings (SSSR count). The number of rotatable bonds is 3. The van der Waals surface area contributed by atoms with Crippen molar-refractivity contribution in [2.45, 2.75) is 4.90 Å². The first-order valence-corrected chi connectivity index (χ1v) is 5.30. The Morgan fingerprint density at radius 3 is 2.62 bits per heavy atom. The molecule has 0 saturated carbocycles. The molecule has 0 amide bonds. The average molecular weight is 194 g/mol. The van der Waals surface area contributed by atoms with Crippen molar-refractivity contribution in [3.05, 3.63) is 24.3 Å². The van der Waals surface area contributed by atoms with Crippen LogP contribution in [0, 0.1) is 0 Å². The number of benzene rings is 1. The summed E-state index contributed by atoms with van der Waals surface area (Å²) in [6.07, 6.45) is 3.87. The van der Waals surface area contributed by atoms with Crippen LogP contribution in [0.3, 0.4) is 0 Å². The number of hydrogen-bond donors (Lipinski definition) is 0. The summed E-state index contributed by atoms with van der Waals surface area (Å²) in [5.41, 5.74) is 1.03. The summed E-state index contributed by atoms with van der Waals surface area (Å²) in [6, 6.07) is 8.13. The predicted molar refractivity (Wildman–Crippen MR) is 60.1 cm³/mol. The fourth-order valence-electron chi connectivity index (χ4n) is 0.914. The molecule has 0 aliphatic rings. The van der Waals surface area contributed by atoms with Gasteiger partial charge in [-0.3, -0.25) is 0 Å². The fourth-order valence-corrected chi connectivity index (χ4v) is 1.46. The van der Waals surface area contributed by atoms with Crippen LogP contribution in [0.15, 0.2) is 34.2 Å². The molecule has 0 aliphatic heterocycles. The van der Waals surface area contributed by atoms with Crippen LogP contribution in [0.25, 0.3) is 0 Å². The van der Waals surface area contributed by atoms with E-state index in [-0.39, 0.29) is 0 Å². The summed E-state index contributed by atoms with van der Waals surface area (Å²) >= 11 is 1.71. The molecule has 0 radical (unpaired) electrons. The van der Waals surface area contributed by atoms with Crippen LogP contribution in [-0.4, -0.2) is 31.6 Å². The van der Waals surface area contributed by atoms with Crippen molar-refractivity contribution in [3.63, 3.8) is 0 Å². The van der Waals surface area contributed by atoms with E-state index in [2.05, 4.69) is 17.3 Å². The summed E-state index contributed by atoms with van der Waals surface area (Å²) in [7, 11) is 3.93. The SMILES string of the molecule is CSc1ccccc1N=CN(C)C. The van der Waals surface area contributed by atoms with Gasteiger partial charge in [0.2, 0.25) is 0 Å². The molecule has 0 unspecified atom stereocenters. The highest BCUT2D eigenvalue weighted by molar-refractivity contribution is 7.98. The zero-order valence-electron chi connectivity index (χ0n) is 8.19. The molecule has 0 saturated heterocycles. The van der Waals surface area contributed by atoms with Crippen LogP contribution in [-0.2, 0) is 0 Å². The van der Waals surface area contributed by atoms with Crippen molar-refractivity contribution >= 4 is 23.8 Å². The Hall–Kier alpha value is -0.960. The molecule has 1 aromatic carbocycles. The predicted octanol–water partition coefficient (Wildman–Crippen LogP) is 2.63. The molecule has 0 atom stereocenters. The summed E-state index contributed by atoms with van der Waals surface area (Å²) in [4.78, 5) is 7.49. The molecule has 0 aromatic heterocycles. The lowest BCUT2D eigenvalue weighted by Gasteiger charge is -2.04. The minimum atomic E-state index is 1.03. The monoisotopic (exact) mass is 194 g/mol. The standard InChI is InChI=1S/C10H14N2S/c1-12(2)8-11-9-6-4-5-7-10(9)13-3/h4-8H,1-3H3. The highest BCUT2D eigenvalue weighted by Crippen LogP contribution is 2.26.